The van der Waals surface area contributed by atoms with E-state index >= 15 is 0 Å². The van der Waals surface area contributed by atoms with E-state index in [0.29, 0.717) is 12.3 Å². The van der Waals surface area contributed by atoms with Crippen LogP contribution in [-0.4, -0.2) is 38.0 Å². The monoisotopic (exact) mass is 287 g/mol. The van der Waals surface area contributed by atoms with Gasteiger partial charge in [-0.2, -0.15) is 0 Å². The van der Waals surface area contributed by atoms with E-state index < -0.39 is 0 Å². The second-order valence-electron chi connectivity index (χ2n) is 5.09. The van der Waals surface area contributed by atoms with E-state index in [-0.39, 0.29) is 5.91 Å². The van der Waals surface area contributed by atoms with Gasteiger partial charge in [0.2, 0.25) is 0 Å². The van der Waals surface area contributed by atoms with Crippen LogP contribution in [0.25, 0.3) is 0 Å². The summed E-state index contributed by atoms with van der Waals surface area (Å²) >= 11 is 0. The molecule has 0 aliphatic heterocycles. The third-order valence-corrected chi connectivity index (χ3v) is 3.04. The van der Waals surface area contributed by atoms with Crippen molar-refractivity contribution in [3.8, 4) is 0 Å². The van der Waals surface area contributed by atoms with Crippen molar-refractivity contribution in [3.63, 3.8) is 0 Å². The van der Waals surface area contributed by atoms with Crippen molar-refractivity contribution >= 4 is 11.6 Å². The van der Waals surface area contributed by atoms with E-state index in [1.165, 1.54) is 6.26 Å². The zero-order valence-corrected chi connectivity index (χ0v) is 12.4. The average Bonchev–Trinajstić information content (AvgIpc) is 3.00. The molecule has 0 saturated heterocycles. The summed E-state index contributed by atoms with van der Waals surface area (Å²) < 4.78 is 5.04. The van der Waals surface area contributed by atoms with E-state index in [1.54, 1.807) is 12.1 Å². The number of carbonyl (C=O) groups excluding carboxylic acids is 1. The van der Waals surface area contributed by atoms with Crippen molar-refractivity contribution in [1.29, 1.82) is 0 Å². The van der Waals surface area contributed by atoms with Gasteiger partial charge in [0.1, 0.15) is 0 Å². The van der Waals surface area contributed by atoms with Gasteiger partial charge >= 0.3 is 0 Å². The Kier molecular flexibility index (Phi) is 5.40. The number of hydrogen-bond donors (Lipinski definition) is 2. The Balaban J connectivity index is 1.78. The van der Waals surface area contributed by atoms with Crippen molar-refractivity contribution in [2.24, 2.45) is 0 Å². The summed E-state index contributed by atoms with van der Waals surface area (Å²) in [6.07, 6.45) is 1.49. The molecular formula is C16H21N3O2. The van der Waals surface area contributed by atoms with E-state index in [0.717, 1.165) is 24.3 Å². The lowest BCUT2D eigenvalue weighted by Gasteiger charge is -2.11. The van der Waals surface area contributed by atoms with Crippen LogP contribution in [0.4, 0.5) is 5.69 Å². The third-order valence-electron chi connectivity index (χ3n) is 3.04. The number of benzene rings is 1. The van der Waals surface area contributed by atoms with Gasteiger partial charge in [-0.05, 0) is 43.9 Å². The molecule has 0 unspecified atom stereocenters. The van der Waals surface area contributed by atoms with Gasteiger partial charge in [0, 0.05) is 25.3 Å². The molecule has 2 rings (SSSR count). The molecule has 0 fully saturated rings. The maximum absolute atomic E-state index is 11.7. The van der Waals surface area contributed by atoms with Crippen LogP contribution < -0.4 is 10.6 Å². The fourth-order valence-corrected chi connectivity index (χ4v) is 1.84. The molecule has 0 atom stereocenters. The number of anilines is 1. The minimum atomic E-state index is -0.201. The van der Waals surface area contributed by atoms with Crippen molar-refractivity contribution in [2.75, 3.05) is 32.5 Å². The highest BCUT2D eigenvalue weighted by Gasteiger charge is 2.07. The Hall–Kier alpha value is -2.27. The maximum atomic E-state index is 11.7. The molecule has 2 N–H and O–H groups in total. The Morgan fingerprint density at radius 2 is 1.95 bits per heavy atom. The first kappa shape index (κ1) is 15.1. The Bertz CT molecular complexity index is 547. The summed E-state index contributed by atoms with van der Waals surface area (Å²) in [4.78, 5) is 13.9. The minimum absolute atomic E-state index is 0.201. The summed E-state index contributed by atoms with van der Waals surface area (Å²) in [7, 11) is 4.10. The standard InChI is InChI=1S/C16H21N3O2/c1-19(2)10-9-17-14-7-5-13(6-8-14)12-18-16(20)15-4-3-11-21-15/h3-8,11,17H,9-10,12H2,1-2H3,(H,18,20). The van der Waals surface area contributed by atoms with Crippen molar-refractivity contribution in [3.05, 3.63) is 54.0 Å². The predicted octanol–water partition coefficient (Wildman–Crippen LogP) is 2.18. The molecule has 5 nitrogen and oxygen atoms in total. The molecule has 5 heteroatoms. The largest absolute Gasteiger partial charge is 0.459 e. The maximum Gasteiger partial charge on any atom is 0.287 e. The van der Waals surface area contributed by atoms with Crippen LogP contribution in [0.5, 0.6) is 0 Å². The van der Waals surface area contributed by atoms with E-state index in [1.807, 2.05) is 38.4 Å². The van der Waals surface area contributed by atoms with Gasteiger partial charge in [-0.25, -0.2) is 0 Å². The molecule has 21 heavy (non-hydrogen) atoms. The summed E-state index contributed by atoms with van der Waals surface area (Å²) in [6, 6.07) is 11.4. The highest BCUT2D eigenvalue weighted by molar-refractivity contribution is 5.91. The van der Waals surface area contributed by atoms with Crippen LogP contribution >= 0.6 is 0 Å². The Labute approximate surface area is 124 Å². The lowest BCUT2D eigenvalue weighted by Crippen LogP contribution is -2.22. The molecule has 0 radical (unpaired) electrons. The number of nitrogens with zero attached hydrogens (tertiary/aromatic N) is 1. The molecule has 1 heterocycles. The van der Waals surface area contributed by atoms with Gasteiger partial charge in [0.05, 0.1) is 6.26 Å². The zero-order valence-electron chi connectivity index (χ0n) is 12.4. The third kappa shape index (κ3) is 4.96. The predicted molar refractivity (Wildman–Crippen MR) is 83.4 cm³/mol. The first-order valence-electron chi connectivity index (χ1n) is 6.94. The number of carbonyl (C=O) groups is 1. The molecule has 0 spiro atoms. The van der Waals surface area contributed by atoms with Crippen LogP contribution in [0, 0.1) is 0 Å². The molecule has 1 amide bonds. The van der Waals surface area contributed by atoms with Crippen molar-refractivity contribution < 1.29 is 9.21 Å². The molecule has 112 valence electrons. The molecule has 1 aromatic carbocycles. The number of furan rings is 1. The molecule has 0 aliphatic carbocycles. The fourth-order valence-electron chi connectivity index (χ4n) is 1.84. The Morgan fingerprint density at radius 3 is 2.57 bits per heavy atom. The molecule has 2 aromatic rings. The van der Waals surface area contributed by atoms with Gasteiger partial charge in [-0.3, -0.25) is 4.79 Å². The second kappa shape index (κ2) is 7.50. The van der Waals surface area contributed by atoms with Crippen LogP contribution in [0.2, 0.25) is 0 Å². The van der Waals surface area contributed by atoms with Gasteiger partial charge in [0.25, 0.3) is 5.91 Å². The quantitative estimate of drug-likeness (QED) is 0.819. The van der Waals surface area contributed by atoms with Gasteiger partial charge in [-0.1, -0.05) is 12.1 Å². The van der Waals surface area contributed by atoms with Crippen molar-refractivity contribution in [2.45, 2.75) is 6.54 Å². The lowest BCUT2D eigenvalue weighted by atomic mass is 10.2. The molecule has 0 saturated carbocycles. The molecule has 1 aromatic heterocycles. The number of hydrogen-bond acceptors (Lipinski definition) is 4. The van der Waals surface area contributed by atoms with Crippen LogP contribution in [0.3, 0.4) is 0 Å². The van der Waals surface area contributed by atoms with Crippen LogP contribution in [0.1, 0.15) is 16.1 Å². The smallest absolute Gasteiger partial charge is 0.287 e. The first-order valence-corrected chi connectivity index (χ1v) is 6.94. The second-order valence-corrected chi connectivity index (χ2v) is 5.09. The van der Waals surface area contributed by atoms with Crippen LogP contribution in [0.15, 0.2) is 47.1 Å². The topological polar surface area (TPSA) is 57.5 Å². The Morgan fingerprint density at radius 1 is 1.19 bits per heavy atom. The number of likely N-dealkylation sites (N-methyl/N-ethyl adjacent to an activating group) is 1. The summed E-state index contributed by atoms with van der Waals surface area (Å²) in [5.74, 6) is 0.130. The number of rotatable bonds is 7. The fraction of sp³-hybridized carbons (Fsp3) is 0.312. The van der Waals surface area contributed by atoms with E-state index in [9.17, 15) is 4.79 Å². The number of amides is 1. The lowest BCUT2D eigenvalue weighted by molar-refractivity contribution is 0.0923. The van der Waals surface area contributed by atoms with E-state index in [2.05, 4.69) is 15.5 Å². The van der Waals surface area contributed by atoms with Gasteiger partial charge in [0.15, 0.2) is 5.76 Å². The zero-order chi connectivity index (χ0) is 15.1. The summed E-state index contributed by atoms with van der Waals surface area (Å²) in [5, 5.41) is 6.17. The van der Waals surface area contributed by atoms with Gasteiger partial charge in [-0.15, -0.1) is 0 Å². The normalized spacial score (nSPS) is 10.6. The van der Waals surface area contributed by atoms with Crippen LogP contribution in [-0.2, 0) is 6.54 Å². The average molecular weight is 287 g/mol. The highest BCUT2D eigenvalue weighted by atomic mass is 16.3. The van der Waals surface area contributed by atoms with E-state index in [4.69, 9.17) is 4.42 Å². The minimum Gasteiger partial charge on any atom is -0.459 e. The molecular weight excluding hydrogens is 266 g/mol. The van der Waals surface area contributed by atoms with Gasteiger partial charge < -0.3 is 20.0 Å². The van der Waals surface area contributed by atoms with Crippen molar-refractivity contribution in [1.82, 2.24) is 10.2 Å². The summed E-state index contributed by atoms with van der Waals surface area (Å²) in [5.41, 5.74) is 2.13. The highest BCUT2D eigenvalue weighted by Crippen LogP contribution is 2.09. The SMILES string of the molecule is CN(C)CCNc1ccc(CNC(=O)c2ccco2)cc1. The first-order chi connectivity index (χ1) is 10.1. The number of nitrogens with one attached hydrogen (secondary N) is 2. The summed E-state index contributed by atoms with van der Waals surface area (Å²) in [6.45, 7) is 2.38. The molecule has 0 bridgehead atoms. The molecule has 0 aliphatic rings.